The Morgan fingerprint density at radius 2 is 1.67 bits per heavy atom. The van der Waals surface area contributed by atoms with Crippen LogP contribution in [0.5, 0.6) is 0 Å². The molecule has 0 saturated carbocycles. The minimum atomic E-state index is 0.204. The van der Waals surface area contributed by atoms with Crippen molar-refractivity contribution in [3.63, 3.8) is 0 Å². The fourth-order valence-electron chi connectivity index (χ4n) is 4.45. The fourth-order valence-corrected chi connectivity index (χ4v) is 4.45. The number of hydrogen-bond acceptors (Lipinski definition) is 0. The molecule has 3 aliphatic rings. The summed E-state index contributed by atoms with van der Waals surface area (Å²) in [6.07, 6.45) is 21.0. The van der Waals surface area contributed by atoms with E-state index in [1.165, 1.54) is 12.0 Å². The van der Waals surface area contributed by atoms with Crippen molar-refractivity contribution in [2.24, 2.45) is 22.7 Å². The molecule has 0 amide bonds. The molecule has 0 heteroatoms. The first-order valence-corrected chi connectivity index (χ1v) is 9.43. The molecule has 3 rings (SSSR count). The highest BCUT2D eigenvalue weighted by Gasteiger charge is 2.43. The topological polar surface area (TPSA) is 0 Å². The summed E-state index contributed by atoms with van der Waals surface area (Å²) >= 11 is 0. The van der Waals surface area contributed by atoms with E-state index in [9.17, 15) is 0 Å². The zero-order chi connectivity index (χ0) is 17.5. The lowest BCUT2D eigenvalue weighted by Gasteiger charge is -2.44. The van der Waals surface area contributed by atoms with Crippen LogP contribution in [0.15, 0.2) is 70.9 Å². The van der Waals surface area contributed by atoms with Gasteiger partial charge in [0, 0.05) is 11.8 Å². The number of rotatable bonds is 4. The second-order valence-corrected chi connectivity index (χ2v) is 8.79. The highest BCUT2D eigenvalue weighted by Crippen LogP contribution is 2.55. The van der Waals surface area contributed by atoms with Crippen molar-refractivity contribution in [1.82, 2.24) is 0 Å². The second kappa shape index (κ2) is 6.06. The molecular weight excluding hydrogens is 288 g/mol. The quantitative estimate of drug-likeness (QED) is 0.525. The van der Waals surface area contributed by atoms with Crippen molar-refractivity contribution < 1.29 is 0 Å². The third-order valence-electron chi connectivity index (χ3n) is 6.61. The summed E-state index contributed by atoms with van der Waals surface area (Å²) < 4.78 is 0. The Kier molecular flexibility index (Phi) is 4.36. The van der Waals surface area contributed by atoms with Crippen LogP contribution >= 0.6 is 0 Å². The van der Waals surface area contributed by atoms with Crippen LogP contribution in [-0.4, -0.2) is 0 Å². The molecule has 2 unspecified atom stereocenters. The summed E-state index contributed by atoms with van der Waals surface area (Å²) in [6, 6.07) is 0. The van der Waals surface area contributed by atoms with Gasteiger partial charge in [-0.15, -0.1) is 0 Å². The van der Waals surface area contributed by atoms with Crippen LogP contribution in [0.2, 0.25) is 0 Å². The maximum Gasteiger partial charge on any atom is 0.0207 e. The van der Waals surface area contributed by atoms with Gasteiger partial charge in [-0.1, -0.05) is 94.4 Å². The van der Waals surface area contributed by atoms with Gasteiger partial charge in [0.15, 0.2) is 0 Å². The molecule has 0 fully saturated rings. The van der Waals surface area contributed by atoms with Crippen LogP contribution in [0.4, 0.5) is 0 Å². The average Bonchev–Trinajstić information content (AvgIpc) is 3.23. The highest BCUT2D eigenvalue weighted by molar-refractivity contribution is 5.55. The third kappa shape index (κ3) is 2.70. The number of hydrogen-bond donors (Lipinski definition) is 0. The Bertz CT molecular complexity index is 685. The molecule has 128 valence electrons. The van der Waals surface area contributed by atoms with Gasteiger partial charge in [-0.25, -0.2) is 0 Å². The summed E-state index contributed by atoms with van der Waals surface area (Å²) in [6.45, 7) is 14.2. The SMILES string of the molecule is CCC(C)(C1=CCC(C2C=CC(C)=C2)=C1C1C=CC=C1)C(C)(C)C. The van der Waals surface area contributed by atoms with Gasteiger partial charge in [-0.3, -0.25) is 0 Å². The number of allylic oxidation sites excluding steroid dienone is 12. The van der Waals surface area contributed by atoms with Gasteiger partial charge in [0.2, 0.25) is 0 Å². The Labute approximate surface area is 148 Å². The van der Waals surface area contributed by atoms with E-state index < -0.39 is 0 Å². The lowest BCUT2D eigenvalue weighted by atomic mass is 9.60. The Morgan fingerprint density at radius 1 is 1.00 bits per heavy atom. The van der Waals surface area contributed by atoms with Crippen molar-refractivity contribution in [1.29, 1.82) is 0 Å². The lowest BCUT2D eigenvalue weighted by molar-refractivity contribution is 0.149. The Morgan fingerprint density at radius 3 is 2.17 bits per heavy atom. The molecule has 0 radical (unpaired) electrons. The Hall–Kier alpha value is -1.56. The van der Waals surface area contributed by atoms with Gasteiger partial charge in [0.05, 0.1) is 0 Å². The molecule has 0 saturated heterocycles. The van der Waals surface area contributed by atoms with Gasteiger partial charge in [-0.05, 0) is 41.7 Å². The van der Waals surface area contributed by atoms with Crippen LogP contribution in [0.3, 0.4) is 0 Å². The lowest BCUT2D eigenvalue weighted by Crippen LogP contribution is -2.35. The summed E-state index contributed by atoms with van der Waals surface area (Å²) in [4.78, 5) is 0. The van der Waals surface area contributed by atoms with E-state index in [-0.39, 0.29) is 10.8 Å². The fraction of sp³-hybridized carbons (Fsp3) is 0.500. The van der Waals surface area contributed by atoms with E-state index in [1.54, 1.807) is 16.7 Å². The minimum Gasteiger partial charge on any atom is -0.0763 e. The predicted molar refractivity (Wildman–Crippen MR) is 106 cm³/mol. The summed E-state index contributed by atoms with van der Waals surface area (Å²) in [5, 5.41) is 0. The smallest absolute Gasteiger partial charge is 0.0207 e. The molecular formula is C24H32. The molecule has 0 aromatic rings. The summed E-state index contributed by atoms with van der Waals surface area (Å²) in [7, 11) is 0. The first kappa shape index (κ1) is 17.3. The van der Waals surface area contributed by atoms with Crippen LogP contribution in [0.1, 0.15) is 54.4 Å². The largest absolute Gasteiger partial charge is 0.0763 e. The first-order valence-electron chi connectivity index (χ1n) is 9.43. The monoisotopic (exact) mass is 320 g/mol. The van der Waals surface area contributed by atoms with Crippen LogP contribution in [0.25, 0.3) is 0 Å². The standard InChI is InChI=1S/C24H32/c1-7-24(6,23(3,4)5)21-15-14-20(19-13-12-17(2)16-19)22(21)18-10-8-9-11-18/h8-13,15-16,18-19H,7,14H2,1-6H3. The molecule has 3 aliphatic carbocycles. The second-order valence-electron chi connectivity index (χ2n) is 8.79. The normalized spacial score (nSPS) is 26.3. The average molecular weight is 321 g/mol. The van der Waals surface area contributed by atoms with Crippen molar-refractivity contribution in [2.75, 3.05) is 0 Å². The zero-order valence-corrected chi connectivity index (χ0v) is 16.2. The maximum atomic E-state index is 2.54. The van der Waals surface area contributed by atoms with E-state index >= 15 is 0 Å². The van der Waals surface area contributed by atoms with E-state index in [2.05, 4.69) is 90.2 Å². The zero-order valence-electron chi connectivity index (χ0n) is 16.2. The van der Waals surface area contributed by atoms with Crippen molar-refractivity contribution in [3.05, 3.63) is 70.9 Å². The molecule has 0 bridgehead atoms. The molecule has 0 aliphatic heterocycles. The van der Waals surface area contributed by atoms with Gasteiger partial charge in [-0.2, -0.15) is 0 Å². The van der Waals surface area contributed by atoms with E-state index in [1.807, 2.05) is 0 Å². The molecule has 2 atom stereocenters. The van der Waals surface area contributed by atoms with Gasteiger partial charge in [0.1, 0.15) is 0 Å². The van der Waals surface area contributed by atoms with Gasteiger partial charge < -0.3 is 0 Å². The van der Waals surface area contributed by atoms with E-state index in [0.717, 1.165) is 6.42 Å². The Balaban J connectivity index is 2.10. The molecule has 24 heavy (non-hydrogen) atoms. The highest BCUT2D eigenvalue weighted by atomic mass is 14.5. The summed E-state index contributed by atoms with van der Waals surface area (Å²) in [5.41, 5.74) is 6.66. The molecule has 0 nitrogen and oxygen atoms in total. The minimum absolute atomic E-state index is 0.204. The van der Waals surface area contributed by atoms with Crippen molar-refractivity contribution in [2.45, 2.75) is 54.4 Å². The molecule has 0 N–H and O–H groups in total. The van der Waals surface area contributed by atoms with E-state index in [4.69, 9.17) is 0 Å². The van der Waals surface area contributed by atoms with Gasteiger partial charge >= 0.3 is 0 Å². The predicted octanol–water partition coefficient (Wildman–Crippen LogP) is 6.95. The van der Waals surface area contributed by atoms with Crippen molar-refractivity contribution >= 4 is 0 Å². The third-order valence-corrected chi connectivity index (χ3v) is 6.61. The summed E-state index contributed by atoms with van der Waals surface area (Å²) in [5.74, 6) is 0.932. The van der Waals surface area contributed by atoms with Crippen molar-refractivity contribution in [3.8, 4) is 0 Å². The van der Waals surface area contributed by atoms with Crippen LogP contribution in [-0.2, 0) is 0 Å². The van der Waals surface area contributed by atoms with Crippen LogP contribution in [0, 0.1) is 22.7 Å². The van der Waals surface area contributed by atoms with E-state index in [0.29, 0.717) is 11.8 Å². The molecule has 0 heterocycles. The molecule has 0 aromatic heterocycles. The first-order chi connectivity index (χ1) is 11.3. The van der Waals surface area contributed by atoms with Crippen LogP contribution < -0.4 is 0 Å². The molecule has 0 spiro atoms. The van der Waals surface area contributed by atoms with Gasteiger partial charge in [0.25, 0.3) is 0 Å². The maximum absolute atomic E-state index is 2.54. The molecule has 0 aromatic carbocycles.